The zero-order valence-electron chi connectivity index (χ0n) is 20.8. The van der Waals surface area contributed by atoms with Gasteiger partial charge in [0.25, 0.3) is 6.43 Å². The van der Waals surface area contributed by atoms with Crippen LogP contribution in [0.3, 0.4) is 0 Å². The van der Waals surface area contributed by atoms with Crippen molar-refractivity contribution >= 4 is 27.4 Å². The number of rotatable bonds is 8. The minimum absolute atomic E-state index is 0.0490. The molecule has 2 atom stereocenters. The largest absolute Gasteiger partial charge is 0.377 e. The first-order valence-electron chi connectivity index (χ1n) is 12.5. The van der Waals surface area contributed by atoms with Gasteiger partial charge in [0.2, 0.25) is 0 Å². The Bertz CT molecular complexity index is 1260. The summed E-state index contributed by atoms with van der Waals surface area (Å²) in [6, 6.07) is 7.88. The molecule has 1 aliphatic heterocycles. The predicted octanol–water partition coefficient (Wildman–Crippen LogP) is 3.71. The molecule has 3 aliphatic rings. The van der Waals surface area contributed by atoms with Crippen molar-refractivity contribution in [3.05, 3.63) is 36.0 Å². The van der Waals surface area contributed by atoms with E-state index in [9.17, 15) is 22.0 Å². The van der Waals surface area contributed by atoms with Crippen LogP contribution in [-0.2, 0) is 19.3 Å². The lowest BCUT2D eigenvalue weighted by Gasteiger charge is -2.40. The number of benzene rings is 1. The van der Waals surface area contributed by atoms with Crippen molar-refractivity contribution in [1.29, 1.82) is 0 Å². The molecule has 2 N–H and O–H groups in total. The fourth-order valence-corrected chi connectivity index (χ4v) is 7.39. The standard InChI is InChI=1S/C25H31F2N5O4S/c1-15-13-36-14-16(2)32(15)22-11-20(25(9-10-25)37(34,35)19-7-8-19)30-23(31-22)17-3-5-18(6-4-17)29-24(33)28-12-21(26)27/h3-6,11,15-16,19,21H,7-10,12-14H2,1-2H3,(H2,28,29,33). The number of sulfone groups is 1. The number of hydrogen-bond donors (Lipinski definition) is 2. The molecule has 2 aromatic rings. The number of amides is 2. The highest BCUT2D eigenvalue weighted by molar-refractivity contribution is 7.93. The minimum atomic E-state index is -3.35. The number of aromatic nitrogens is 2. The van der Waals surface area contributed by atoms with Crippen LogP contribution < -0.4 is 15.5 Å². The SMILES string of the molecule is CC1COCC(C)N1c1cc(C2(S(=O)(=O)C3CC3)CC2)nc(-c2ccc(NC(=O)NCC(F)F)cc2)n1. The molecule has 12 heteroatoms. The first-order chi connectivity index (χ1) is 17.6. The molecule has 2 aliphatic carbocycles. The number of carbonyl (C=O) groups is 1. The number of hydrogen-bond acceptors (Lipinski definition) is 7. The van der Waals surface area contributed by atoms with Crippen LogP contribution in [0.5, 0.6) is 0 Å². The number of urea groups is 1. The normalized spacial score (nSPS) is 23.1. The van der Waals surface area contributed by atoms with Crippen molar-refractivity contribution < 1.29 is 26.7 Å². The lowest BCUT2D eigenvalue weighted by molar-refractivity contribution is 0.0752. The average molecular weight is 536 g/mol. The first kappa shape index (κ1) is 25.8. The number of halogens is 2. The van der Waals surface area contributed by atoms with Gasteiger partial charge in [-0.25, -0.2) is 32.0 Å². The van der Waals surface area contributed by atoms with Gasteiger partial charge < -0.3 is 20.3 Å². The fourth-order valence-electron chi connectivity index (χ4n) is 4.93. The van der Waals surface area contributed by atoms with E-state index in [1.165, 1.54) is 0 Å². The highest BCUT2D eigenvalue weighted by Crippen LogP contribution is 2.57. The molecule has 2 amide bonds. The van der Waals surface area contributed by atoms with Crippen LogP contribution in [0.4, 0.5) is 25.1 Å². The number of nitrogens with zero attached hydrogens (tertiary/aromatic N) is 3. The molecule has 0 spiro atoms. The van der Waals surface area contributed by atoms with Gasteiger partial charge in [-0.15, -0.1) is 0 Å². The zero-order valence-corrected chi connectivity index (χ0v) is 21.6. The Balaban J connectivity index is 1.49. The Morgan fingerprint density at radius 2 is 1.78 bits per heavy atom. The van der Waals surface area contributed by atoms with Crippen LogP contribution in [0.25, 0.3) is 11.4 Å². The van der Waals surface area contributed by atoms with E-state index in [2.05, 4.69) is 15.5 Å². The van der Waals surface area contributed by atoms with Crippen LogP contribution in [0.2, 0.25) is 0 Å². The Morgan fingerprint density at radius 1 is 1.14 bits per heavy atom. The van der Waals surface area contributed by atoms with E-state index in [0.717, 1.165) is 0 Å². The first-order valence-corrected chi connectivity index (χ1v) is 14.1. The monoisotopic (exact) mass is 535 g/mol. The average Bonchev–Trinajstić information content (AvgIpc) is 3.76. The van der Waals surface area contributed by atoms with Crippen LogP contribution in [-0.4, -0.2) is 67.9 Å². The highest BCUT2D eigenvalue weighted by atomic mass is 32.2. The van der Waals surface area contributed by atoms with E-state index in [0.29, 0.717) is 67.5 Å². The van der Waals surface area contributed by atoms with Crippen LogP contribution >= 0.6 is 0 Å². The van der Waals surface area contributed by atoms with Crippen molar-refractivity contribution in [3.63, 3.8) is 0 Å². The third-order valence-corrected chi connectivity index (χ3v) is 10.2. The molecule has 0 radical (unpaired) electrons. The van der Waals surface area contributed by atoms with Crippen molar-refractivity contribution in [2.24, 2.45) is 0 Å². The van der Waals surface area contributed by atoms with Gasteiger partial charge in [-0.3, -0.25) is 0 Å². The highest BCUT2D eigenvalue weighted by Gasteiger charge is 2.61. The number of ether oxygens (including phenoxy) is 1. The molecule has 5 rings (SSSR count). The van der Waals surface area contributed by atoms with Gasteiger partial charge in [-0.05, 0) is 63.8 Å². The van der Waals surface area contributed by atoms with E-state index in [1.807, 2.05) is 19.9 Å². The molecule has 1 saturated heterocycles. The lowest BCUT2D eigenvalue weighted by Crippen LogP contribution is -2.50. The van der Waals surface area contributed by atoms with Crippen molar-refractivity contribution in [3.8, 4) is 11.4 Å². The number of alkyl halides is 2. The second-order valence-corrected chi connectivity index (χ2v) is 12.7. The molecule has 0 bridgehead atoms. The van der Waals surface area contributed by atoms with Crippen molar-refractivity contribution in [1.82, 2.24) is 15.3 Å². The molecule has 1 aromatic carbocycles. The van der Waals surface area contributed by atoms with Gasteiger partial charge in [-0.2, -0.15) is 0 Å². The maximum atomic E-state index is 13.4. The molecule has 2 unspecified atom stereocenters. The van der Waals surface area contributed by atoms with E-state index >= 15 is 0 Å². The van der Waals surface area contributed by atoms with Crippen LogP contribution in [0.15, 0.2) is 30.3 Å². The fraction of sp³-hybridized carbons (Fsp3) is 0.560. The van der Waals surface area contributed by atoms with Crippen molar-refractivity contribution in [2.75, 3.05) is 30.0 Å². The van der Waals surface area contributed by atoms with Crippen LogP contribution in [0, 0.1) is 0 Å². The molecule has 9 nitrogen and oxygen atoms in total. The summed E-state index contributed by atoms with van der Waals surface area (Å²) in [7, 11) is -3.35. The zero-order chi connectivity index (χ0) is 26.4. The topological polar surface area (TPSA) is 114 Å². The smallest absolute Gasteiger partial charge is 0.319 e. The minimum Gasteiger partial charge on any atom is -0.377 e. The van der Waals surface area contributed by atoms with Gasteiger partial charge in [0.05, 0.1) is 42.8 Å². The summed E-state index contributed by atoms with van der Waals surface area (Å²) >= 11 is 0. The molecular formula is C25H31F2N5O4S. The Kier molecular flexibility index (Phi) is 6.82. The summed E-state index contributed by atoms with van der Waals surface area (Å²) in [5, 5.41) is 4.31. The predicted molar refractivity (Wildman–Crippen MR) is 136 cm³/mol. The second kappa shape index (κ2) is 9.79. The molecule has 3 fully saturated rings. The maximum absolute atomic E-state index is 13.4. The Hall–Kier alpha value is -2.86. The molecular weight excluding hydrogens is 504 g/mol. The number of carbonyl (C=O) groups excluding carboxylic acids is 1. The van der Waals surface area contributed by atoms with E-state index in [4.69, 9.17) is 14.7 Å². The third-order valence-electron chi connectivity index (χ3n) is 7.14. The third kappa shape index (κ3) is 5.13. The van der Waals surface area contributed by atoms with Gasteiger partial charge >= 0.3 is 6.03 Å². The number of nitrogens with one attached hydrogen (secondary N) is 2. The van der Waals surface area contributed by atoms with Crippen molar-refractivity contribution in [2.45, 2.75) is 68.0 Å². The van der Waals surface area contributed by atoms with E-state index in [-0.39, 0.29) is 17.3 Å². The van der Waals surface area contributed by atoms with Crippen LogP contribution in [0.1, 0.15) is 45.2 Å². The van der Waals surface area contributed by atoms with E-state index in [1.54, 1.807) is 24.3 Å². The summed E-state index contributed by atoms with van der Waals surface area (Å²) in [5.74, 6) is 1.05. The number of anilines is 2. The summed E-state index contributed by atoms with van der Waals surface area (Å²) in [4.78, 5) is 23.6. The summed E-state index contributed by atoms with van der Waals surface area (Å²) < 4.78 is 56.2. The Labute approximate surface area is 214 Å². The molecule has 1 aromatic heterocycles. The van der Waals surface area contributed by atoms with Gasteiger partial charge in [0.15, 0.2) is 15.7 Å². The summed E-state index contributed by atoms with van der Waals surface area (Å²) in [5.41, 5.74) is 1.59. The van der Waals surface area contributed by atoms with E-state index < -0.39 is 33.6 Å². The maximum Gasteiger partial charge on any atom is 0.319 e. The van der Waals surface area contributed by atoms with Gasteiger partial charge in [0, 0.05) is 17.3 Å². The van der Waals surface area contributed by atoms with Gasteiger partial charge in [-0.1, -0.05) is 0 Å². The molecule has 37 heavy (non-hydrogen) atoms. The lowest BCUT2D eigenvalue weighted by atomic mass is 10.1. The number of morpholine rings is 1. The second-order valence-electron chi connectivity index (χ2n) is 10.1. The Morgan fingerprint density at radius 3 is 2.35 bits per heavy atom. The van der Waals surface area contributed by atoms with Gasteiger partial charge in [0.1, 0.15) is 10.6 Å². The quantitative estimate of drug-likeness (QED) is 0.530. The molecule has 200 valence electrons. The molecule has 2 saturated carbocycles. The summed E-state index contributed by atoms with van der Waals surface area (Å²) in [6.07, 6.45) is -0.140. The summed E-state index contributed by atoms with van der Waals surface area (Å²) in [6.45, 7) is 4.43. The molecule has 2 heterocycles.